The summed E-state index contributed by atoms with van der Waals surface area (Å²) in [5.74, 6) is 0.761. The third kappa shape index (κ3) is 5.20. The zero-order chi connectivity index (χ0) is 13.3. The van der Waals surface area contributed by atoms with Crippen molar-refractivity contribution in [3.8, 4) is 5.75 Å². The quantitative estimate of drug-likeness (QED) is 0.647. The molecule has 0 radical (unpaired) electrons. The van der Waals surface area contributed by atoms with E-state index in [2.05, 4.69) is 10.6 Å². The Kier molecular flexibility index (Phi) is 5.53. The molecular weight excluding hydrogens is 240 g/mol. The largest absolute Gasteiger partial charge is 0.473 e. The topological polar surface area (TPSA) is 50.4 Å². The maximum atomic E-state index is 11.7. The van der Waals surface area contributed by atoms with Crippen LogP contribution in [0.1, 0.15) is 38.5 Å². The van der Waals surface area contributed by atoms with Crippen molar-refractivity contribution in [3.05, 3.63) is 30.3 Å². The molecule has 2 amide bonds. The SMILES string of the molecule is O=C(NCOc1ccccc1)NC1CCCCCC1. The van der Waals surface area contributed by atoms with Gasteiger partial charge < -0.3 is 15.4 Å². The molecule has 0 aliphatic heterocycles. The molecule has 19 heavy (non-hydrogen) atoms. The average Bonchev–Trinajstić information content (AvgIpc) is 2.68. The molecule has 0 aromatic heterocycles. The van der Waals surface area contributed by atoms with E-state index in [-0.39, 0.29) is 12.8 Å². The molecule has 0 unspecified atom stereocenters. The highest BCUT2D eigenvalue weighted by Gasteiger charge is 2.14. The van der Waals surface area contributed by atoms with Gasteiger partial charge in [-0.1, -0.05) is 43.9 Å². The highest BCUT2D eigenvalue weighted by atomic mass is 16.5. The number of para-hydroxylation sites is 1. The van der Waals surface area contributed by atoms with Gasteiger partial charge >= 0.3 is 6.03 Å². The fraction of sp³-hybridized carbons (Fsp3) is 0.533. The molecule has 2 N–H and O–H groups in total. The Labute approximate surface area is 114 Å². The second-order valence-electron chi connectivity index (χ2n) is 4.94. The first-order chi connectivity index (χ1) is 9.34. The van der Waals surface area contributed by atoms with Gasteiger partial charge in [-0.2, -0.15) is 0 Å². The standard InChI is InChI=1S/C15H22N2O2/c18-15(17-13-8-4-1-2-5-9-13)16-12-19-14-10-6-3-7-11-14/h3,6-7,10-11,13H,1-2,4-5,8-9,12H2,(H2,16,17,18). The fourth-order valence-electron chi connectivity index (χ4n) is 2.36. The van der Waals surface area contributed by atoms with Crippen molar-refractivity contribution in [2.75, 3.05) is 6.73 Å². The molecule has 1 aliphatic rings. The number of benzene rings is 1. The highest BCUT2D eigenvalue weighted by Crippen LogP contribution is 2.16. The predicted octanol–water partition coefficient (Wildman–Crippen LogP) is 3.04. The van der Waals surface area contributed by atoms with E-state index in [0.29, 0.717) is 6.04 Å². The molecule has 0 atom stereocenters. The molecule has 1 aromatic carbocycles. The minimum absolute atomic E-state index is 0.136. The smallest absolute Gasteiger partial charge is 0.317 e. The maximum absolute atomic E-state index is 11.7. The van der Waals surface area contributed by atoms with Gasteiger partial charge in [-0.15, -0.1) is 0 Å². The van der Waals surface area contributed by atoms with Crippen LogP contribution in [-0.2, 0) is 0 Å². The summed E-state index contributed by atoms with van der Waals surface area (Å²) in [7, 11) is 0. The normalized spacial score (nSPS) is 16.4. The molecule has 104 valence electrons. The first-order valence-electron chi connectivity index (χ1n) is 7.07. The Morgan fingerprint density at radius 1 is 1.11 bits per heavy atom. The first-order valence-corrected chi connectivity index (χ1v) is 7.07. The van der Waals surface area contributed by atoms with Gasteiger partial charge in [0.05, 0.1) is 0 Å². The number of hydrogen-bond donors (Lipinski definition) is 2. The Morgan fingerprint density at radius 2 is 1.79 bits per heavy atom. The number of nitrogens with one attached hydrogen (secondary N) is 2. The summed E-state index contributed by atoms with van der Waals surface area (Å²) in [4.78, 5) is 11.7. The molecule has 4 heteroatoms. The number of urea groups is 1. The van der Waals surface area contributed by atoms with Gasteiger partial charge in [0.15, 0.2) is 6.73 Å². The third-order valence-corrected chi connectivity index (χ3v) is 3.41. The first kappa shape index (κ1) is 13.7. The van der Waals surface area contributed by atoms with E-state index >= 15 is 0 Å². The maximum Gasteiger partial charge on any atom is 0.317 e. The molecule has 4 nitrogen and oxygen atoms in total. The van der Waals surface area contributed by atoms with Crippen LogP contribution in [0.4, 0.5) is 4.79 Å². The van der Waals surface area contributed by atoms with Crippen molar-refractivity contribution in [1.29, 1.82) is 0 Å². The van der Waals surface area contributed by atoms with Crippen molar-refractivity contribution in [3.63, 3.8) is 0 Å². The molecule has 2 rings (SSSR count). The van der Waals surface area contributed by atoms with E-state index in [1.807, 2.05) is 30.3 Å². The Balaban J connectivity index is 1.64. The predicted molar refractivity (Wildman–Crippen MR) is 75.1 cm³/mol. The van der Waals surface area contributed by atoms with Gasteiger partial charge in [0.1, 0.15) is 5.75 Å². The van der Waals surface area contributed by atoms with E-state index in [1.165, 1.54) is 25.7 Å². The summed E-state index contributed by atoms with van der Waals surface area (Å²) in [5.41, 5.74) is 0. The molecular formula is C15H22N2O2. The summed E-state index contributed by atoms with van der Waals surface area (Å²) in [5, 5.41) is 5.74. The Hall–Kier alpha value is -1.71. The number of carbonyl (C=O) groups excluding carboxylic acids is 1. The molecule has 1 aromatic rings. The zero-order valence-electron chi connectivity index (χ0n) is 11.2. The zero-order valence-corrected chi connectivity index (χ0v) is 11.2. The van der Waals surface area contributed by atoms with Crippen LogP contribution in [0.5, 0.6) is 5.75 Å². The summed E-state index contributed by atoms with van der Waals surface area (Å²) in [6, 6.07) is 9.65. The lowest BCUT2D eigenvalue weighted by molar-refractivity contribution is 0.219. The van der Waals surface area contributed by atoms with Crippen LogP contribution in [-0.4, -0.2) is 18.8 Å². The Bertz CT molecular complexity index is 373. The summed E-state index contributed by atoms with van der Waals surface area (Å²) in [6.07, 6.45) is 7.19. The molecule has 0 bridgehead atoms. The van der Waals surface area contributed by atoms with Crippen molar-refractivity contribution < 1.29 is 9.53 Å². The number of rotatable bonds is 4. The second-order valence-corrected chi connectivity index (χ2v) is 4.94. The molecule has 1 saturated carbocycles. The van der Waals surface area contributed by atoms with Crippen LogP contribution >= 0.6 is 0 Å². The van der Waals surface area contributed by atoms with Gasteiger partial charge in [0, 0.05) is 6.04 Å². The van der Waals surface area contributed by atoms with E-state index in [4.69, 9.17) is 4.74 Å². The van der Waals surface area contributed by atoms with Gasteiger partial charge in [-0.05, 0) is 25.0 Å². The average molecular weight is 262 g/mol. The van der Waals surface area contributed by atoms with Crippen LogP contribution in [0.25, 0.3) is 0 Å². The molecule has 0 heterocycles. The highest BCUT2D eigenvalue weighted by molar-refractivity contribution is 5.74. The number of amides is 2. The number of hydrogen-bond acceptors (Lipinski definition) is 2. The van der Waals surface area contributed by atoms with E-state index < -0.39 is 0 Å². The lowest BCUT2D eigenvalue weighted by Crippen LogP contribution is -2.43. The van der Waals surface area contributed by atoms with Crippen LogP contribution < -0.4 is 15.4 Å². The fourth-order valence-corrected chi connectivity index (χ4v) is 2.36. The van der Waals surface area contributed by atoms with Gasteiger partial charge in [0.25, 0.3) is 0 Å². The second kappa shape index (κ2) is 7.67. The minimum atomic E-state index is -0.136. The van der Waals surface area contributed by atoms with Crippen molar-refractivity contribution >= 4 is 6.03 Å². The molecule has 1 fully saturated rings. The van der Waals surface area contributed by atoms with E-state index in [9.17, 15) is 4.79 Å². The van der Waals surface area contributed by atoms with Crippen molar-refractivity contribution in [2.24, 2.45) is 0 Å². The van der Waals surface area contributed by atoms with Gasteiger partial charge in [-0.3, -0.25) is 0 Å². The van der Waals surface area contributed by atoms with Crippen LogP contribution in [0.15, 0.2) is 30.3 Å². The Morgan fingerprint density at radius 3 is 2.47 bits per heavy atom. The number of carbonyl (C=O) groups is 1. The van der Waals surface area contributed by atoms with E-state index in [1.54, 1.807) is 0 Å². The summed E-state index contributed by atoms with van der Waals surface area (Å²) >= 11 is 0. The minimum Gasteiger partial charge on any atom is -0.473 e. The van der Waals surface area contributed by atoms with Crippen LogP contribution in [0.3, 0.4) is 0 Å². The van der Waals surface area contributed by atoms with E-state index in [0.717, 1.165) is 18.6 Å². The van der Waals surface area contributed by atoms with Crippen molar-refractivity contribution in [2.45, 2.75) is 44.6 Å². The van der Waals surface area contributed by atoms with Crippen molar-refractivity contribution in [1.82, 2.24) is 10.6 Å². The molecule has 0 saturated heterocycles. The van der Waals surface area contributed by atoms with Gasteiger partial charge in [0.2, 0.25) is 0 Å². The lowest BCUT2D eigenvalue weighted by Gasteiger charge is -2.16. The van der Waals surface area contributed by atoms with Gasteiger partial charge in [-0.25, -0.2) is 4.79 Å². The monoisotopic (exact) mass is 262 g/mol. The van der Waals surface area contributed by atoms with Crippen LogP contribution in [0.2, 0.25) is 0 Å². The third-order valence-electron chi connectivity index (χ3n) is 3.41. The number of ether oxygens (including phenoxy) is 1. The lowest BCUT2D eigenvalue weighted by atomic mass is 10.1. The summed E-state index contributed by atoms with van der Waals surface area (Å²) < 4.78 is 5.42. The van der Waals surface area contributed by atoms with Crippen LogP contribution in [0, 0.1) is 0 Å². The molecule has 1 aliphatic carbocycles. The summed E-state index contributed by atoms with van der Waals surface area (Å²) in [6.45, 7) is 0.197. The molecule has 0 spiro atoms.